The van der Waals surface area contributed by atoms with Crippen LogP contribution < -0.4 is 9.80 Å². The van der Waals surface area contributed by atoms with Gasteiger partial charge in [-0.05, 0) is 125 Å². The number of para-hydroxylation sites is 6. The van der Waals surface area contributed by atoms with Crippen molar-refractivity contribution in [3.8, 4) is 67.9 Å². The first-order valence-electron chi connectivity index (χ1n) is 26.5. The van der Waals surface area contributed by atoms with Crippen LogP contribution >= 0.6 is 0 Å². The van der Waals surface area contributed by atoms with Crippen LogP contribution in [0, 0.1) is 24.5 Å². The molecular weight excluding hydrogens is 989 g/mol. The first kappa shape index (κ1) is 49.0. The smallest absolute Gasteiger partial charge is 0.198 e. The molecule has 0 bridgehead atoms. The molecule has 0 N–H and O–H groups in total. The molecule has 2 aromatic heterocycles. The van der Waals surface area contributed by atoms with E-state index in [2.05, 4.69) is 212 Å². The zero-order valence-electron chi connectivity index (χ0n) is 43.6. The quantitative estimate of drug-likeness (QED) is 0.114. The van der Waals surface area contributed by atoms with Crippen LogP contribution in [0.5, 0.6) is 0 Å². The number of fused-ring (bicyclic) bond motifs is 3. The number of hydrogen-bond donors (Lipinski definition) is 0. The van der Waals surface area contributed by atoms with E-state index in [0.29, 0.717) is 45.3 Å². The van der Waals surface area contributed by atoms with Gasteiger partial charge in [-0.2, -0.15) is 5.26 Å². The molecule has 0 radical (unpaired) electrons. The van der Waals surface area contributed by atoms with E-state index in [-0.39, 0.29) is 0 Å². The van der Waals surface area contributed by atoms with Gasteiger partial charge in [0.1, 0.15) is 5.82 Å². The van der Waals surface area contributed by atoms with Crippen molar-refractivity contribution < 1.29 is 0 Å². The fourth-order valence-electron chi connectivity index (χ4n) is 10.9. The molecule has 8 nitrogen and oxygen atoms in total. The highest BCUT2D eigenvalue weighted by Gasteiger charge is 2.22. The van der Waals surface area contributed by atoms with Gasteiger partial charge in [0.05, 0.1) is 47.2 Å². The van der Waals surface area contributed by atoms with Gasteiger partial charge in [0, 0.05) is 67.3 Å². The molecule has 0 spiro atoms. The summed E-state index contributed by atoms with van der Waals surface area (Å²) in [4.78, 5) is 22.0. The van der Waals surface area contributed by atoms with Crippen LogP contribution in [0.2, 0.25) is 0 Å². The Labute approximate surface area is 469 Å². The van der Waals surface area contributed by atoms with Crippen molar-refractivity contribution in [3.63, 3.8) is 0 Å². The monoisotopic (exact) mass is 1030 g/mol. The van der Waals surface area contributed by atoms with E-state index in [1.54, 1.807) is 12.1 Å². The summed E-state index contributed by atoms with van der Waals surface area (Å²) in [6, 6.07) is 97.2. The normalized spacial score (nSPS) is 10.9. The molecule has 0 aliphatic carbocycles. The van der Waals surface area contributed by atoms with Gasteiger partial charge in [-0.15, -0.1) is 0 Å². The molecule has 0 amide bonds. The molecule has 0 unspecified atom stereocenters. The molecule has 81 heavy (non-hydrogen) atoms. The fourth-order valence-corrected chi connectivity index (χ4v) is 10.9. The summed E-state index contributed by atoms with van der Waals surface area (Å²) in [5.41, 5.74) is 17.9. The third kappa shape index (κ3) is 9.36. The molecule has 0 atom stereocenters. The minimum atomic E-state index is 0.417. The third-order valence-electron chi connectivity index (χ3n) is 14.7. The minimum absolute atomic E-state index is 0.417. The van der Waals surface area contributed by atoms with E-state index >= 15 is 0 Å². The Hall–Kier alpha value is -11.6. The van der Waals surface area contributed by atoms with Gasteiger partial charge < -0.3 is 14.4 Å². The lowest BCUT2D eigenvalue weighted by atomic mass is 9.96. The van der Waals surface area contributed by atoms with Crippen molar-refractivity contribution in [2.24, 2.45) is 0 Å². The number of anilines is 6. The van der Waals surface area contributed by atoms with Crippen LogP contribution in [-0.2, 0) is 0 Å². The van der Waals surface area contributed by atoms with Crippen LogP contribution in [0.15, 0.2) is 279 Å². The molecule has 2 heterocycles. The Kier molecular flexibility index (Phi) is 12.9. The molecule has 8 heteroatoms. The summed E-state index contributed by atoms with van der Waals surface area (Å²) in [6.45, 7) is 15.7. The number of benzene rings is 11. The molecule has 0 fully saturated rings. The van der Waals surface area contributed by atoms with Gasteiger partial charge in [-0.3, -0.25) is 0 Å². The first-order chi connectivity index (χ1) is 40.0. The molecule has 0 saturated heterocycles. The van der Waals surface area contributed by atoms with E-state index in [4.69, 9.17) is 23.1 Å². The van der Waals surface area contributed by atoms with Crippen molar-refractivity contribution in [2.75, 3.05) is 9.80 Å². The van der Waals surface area contributed by atoms with Gasteiger partial charge in [-0.1, -0.05) is 176 Å². The van der Waals surface area contributed by atoms with Gasteiger partial charge in [-0.25, -0.2) is 19.7 Å². The highest BCUT2D eigenvalue weighted by molar-refractivity contribution is 6.12. The second-order valence-electron chi connectivity index (χ2n) is 19.5. The highest BCUT2D eigenvalue weighted by atomic mass is 15.1. The van der Waals surface area contributed by atoms with Crippen LogP contribution in [0.25, 0.3) is 93.3 Å². The molecule has 13 aromatic rings. The lowest BCUT2D eigenvalue weighted by Crippen LogP contribution is -2.09. The Morgan fingerprint density at radius 2 is 0.778 bits per heavy atom. The second-order valence-corrected chi connectivity index (χ2v) is 19.5. The predicted octanol–water partition coefficient (Wildman–Crippen LogP) is 19.8. The van der Waals surface area contributed by atoms with Crippen LogP contribution in [0.1, 0.15) is 5.56 Å². The van der Waals surface area contributed by atoms with Crippen molar-refractivity contribution in [1.82, 2.24) is 14.5 Å². The lowest BCUT2D eigenvalue weighted by molar-refractivity contribution is 1.17. The summed E-state index contributed by atoms with van der Waals surface area (Å²) in [7, 11) is 0. The van der Waals surface area contributed by atoms with Crippen LogP contribution in [0.4, 0.5) is 45.5 Å². The molecule has 378 valence electrons. The number of hydrogen-bond acceptors (Lipinski definition) is 5. The Balaban J connectivity index is 0.867. The minimum Gasteiger partial charge on any atom is -0.310 e. The fraction of sp³-hybridized carbons (Fsp3) is 0. The largest absolute Gasteiger partial charge is 0.310 e. The number of rotatable bonds is 12. The van der Waals surface area contributed by atoms with Crippen molar-refractivity contribution in [2.45, 2.75) is 0 Å². The molecule has 13 rings (SSSR count). The average Bonchev–Trinajstić information content (AvgIpc) is 4.13. The van der Waals surface area contributed by atoms with Gasteiger partial charge >= 0.3 is 0 Å². The maximum absolute atomic E-state index is 10.9. The molecule has 11 aromatic carbocycles. The summed E-state index contributed by atoms with van der Waals surface area (Å²) < 4.78 is 2.28. The van der Waals surface area contributed by atoms with Crippen LogP contribution in [-0.4, -0.2) is 14.5 Å². The third-order valence-corrected chi connectivity index (χ3v) is 14.7. The maximum atomic E-state index is 10.9. The standard InChI is InChI=1S/C73H46N8/c1-75-67-29-17-15-27-63(67)70-48-69(77-73(78-70)64-28-16-18-30-68(64)76-2)53-37-33-51(34-38-53)50-31-35-52(36-32-50)62-42-39-59(45-54(62)49-74)81-71-43-40-60(79(55-19-7-3-8-20-55)56-21-9-4-10-22-56)46-65(71)66-47-61(41-44-72(66)81)80(57-23-11-5-12-24-57)58-25-13-6-14-26-58/h3-48H. The number of nitrogens with zero attached hydrogens (tertiary/aromatic N) is 8. The maximum Gasteiger partial charge on any atom is 0.198 e. The summed E-state index contributed by atoms with van der Waals surface area (Å²) in [5.74, 6) is 0.417. The Morgan fingerprint density at radius 1 is 0.358 bits per heavy atom. The molecule has 0 aliphatic heterocycles. The molecule has 0 saturated carbocycles. The number of nitriles is 1. The van der Waals surface area contributed by atoms with E-state index in [0.717, 1.165) is 89.4 Å². The second kappa shape index (κ2) is 21.4. The molecular formula is C73H46N8. The predicted molar refractivity (Wildman–Crippen MR) is 330 cm³/mol. The Morgan fingerprint density at radius 3 is 1.26 bits per heavy atom. The van der Waals surface area contributed by atoms with E-state index in [1.165, 1.54) is 0 Å². The van der Waals surface area contributed by atoms with Crippen molar-refractivity contribution >= 4 is 67.3 Å². The summed E-state index contributed by atoms with van der Waals surface area (Å²) in [5, 5.41) is 13.1. The van der Waals surface area contributed by atoms with E-state index in [1.807, 2.05) is 84.9 Å². The molecule has 0 aliphatic rings. The zero-order valence-corrected chi connectivity index (χ0v) is 43.6. The van der Waals surface area contributed by atoms with Gasteiger partial charge in [0.25, 0.3) is 0 Å². The number of aromatic nitrogens is 3. The SMILES string of the molecule is [C-]#[N+]c1ccccc1-c1cc(-c2ccc(-c3ccc(-c4ccc(-n5c6ccc(N(c7ccccc7)c7ccccc7)cc6c6cc(N(c7ccccc7)c7ccccc7)ccc65)cc4C#N)cc3)cc2)nc(-c2ccccc2[N+]#[C-])n1. The zero-order chi connectivity index (χ0) is 54.7. The first-order valence-corrected chi connectivity index (χ1v) is 26.5. The van der Waals surface area contributed by atoms with Gasteiger partial charge in [0.15, 0.2) is 11.4 Å². The highest BCUT2D eigenvalue weighted by Crippen LogP contribution is 2.44. The summed E-state index contributed by atoms with van der Waals surface area (Å²) in [6.07, 6.45) is 0. The average molecular weight is 1040 g/mol. The van der Waals surface area contributed by atoms with Crippen LogP contribution in [0.3, 0.4) is 0 Å². The van der Waals surface area contributed by atoms with E-state index < -0.39 is 0 Å². The van der Waals surface area contributed by atoms with E-state index in [9.17, 15) is 5.26 Å². The lowest BCUT2D eigenvalue weighted by Gasteiger charge is -2.26. The van der Waals surface area contributed by atoms with Gasteiger partial charge in [0.2, 0.25) is 0 Å². The topological polar surface area (TPSA) is 69.7 Å². The van der Waals surface area contributed by atoms with Crippen molar-refractivity contribution in [3.05, 3.63) is 307 Å². The summed E-state index contributed by atoms with van der Waals surface area (Å²) >= 11 is 0. The van der Waals surface area contributed by atoms with Crippen molar-refractivity contribution in [1.29, 1.82) is 5.26 Å². The Bertz CT molecular complexity index is 4300.